The molecule has 4 aromatic rings. The van der Waals surface area contributed by atoms with Crippen molar-refractivity contribution in [1.82, 2.24) is 34.2 Å². The number of nitrogens with zero attached hydrogens (tertiary/aromatic N) is 7. The van der Waals surface area contributed by atoms with Gasteiger partial charge in [0, 0.05) is 68.5 Å². The van der Waals surface area contributed by atoms with E-state index < -0.39 is 0 Å². The number of likely N-dealkylation sites (tertiary alicyclic amines) is 1. The van der Waals surface area contributed by atoms with E-state index in [2.05, 4.69) is 51.7 Å². The molecule has 1 N–H and O–H groups in total. The Labute approximate surface area is 250 Å². The normalized spacial score (nSPS) is 17.5. The number of imidazole rings is 1. The Hall–Kier alpha value is -4.06. The van der Waals surface area contributed by atoms with Crippen molar-refractivity contribution in [3.05, 3.63) is 42.0 Å². The van der Waals surface area contributed by atoms with Crippen molar-refractivity contribution < 1.29 is 18.7 Å². The molecule has 1 saturated heterocycles. The van der Waals surface area contributed by atoms with Crippen LogP contribution in [0.3, 0.4) is 0 Å². The van der Waals surface area contributed by atoms with Crippen LogP contribution >= 0.6 is 0 Å². The molecule has 2 fully saturated rings. The van der Waals surface area contributed by atoms with Crippen molar-refractivity contribution in [3.8, 4) is 17.2 Å². The van der Waals surface area contributed by atoms with Gasteiger partial charge in [-0.3, -0.25) is 19.4 Å². The van der Waals surface area contributed by atoms with Gasteiger partial charge >= 0.3 is 0 Å². The van der Waals surface area contributed by atoms with E-state index in [0.717, 1.165) is 38.0 Å². The number of aryl methyl sites for hydroxylation is 1. The summed E-state index contributed by atoms with van der Waals surface area (Å²) in [5.74, 6) is 3.09. The highest BCUT2D eigenvalue weighted by molar-refractivity contribution is 5.85. The van der Waals surface area contributed by atoms with Gasteiger partial charge in [-0.25, -0.2) is 9.37 Å². The van der Waals surface area contributed by atoms with Crippen LogP contribution in [-0.2, 0) is 23.7 Å². The average molecular weight is 591 g/mol. The van der Waals surface area contributed by atoms with Gasteiger partial charge in [0.2, 0.25) is 5.95 Å². The highest BCUT2D eigenvalue weighted by Gasteiger charge is 2.31. The monoisotopic (exact) mass is 590 g/mol. The molecule has 5 heterocycles. The molecule has 0 spiro atoms. The number of ketones is 1. The summed E-state index contributed by atoms with van der Waals surface area (Å²) >= 11 is 0. The topological polar surface area (TPSA) is 112 Å². The molecule has 0 amide bonds. The SMILES string of the molecule is COc1c(Oc2ccnc(CC(=O)C3CC3)c2)cnc2nc(Nc3cc(C(C)(C)C)n(C4CCN(CCF)C4)n3)n(C)c12. The Morgan fingerprint density at radius 2 is 2.00 bits per heavy atom. The minimum atomic E-state index is -0.341. The number of methoxy groups -OCH3 is 1. The maximum atomic E-state index is 13.0. The number of hydrogen-bond acceptors (Lipinski definition) is 9. The number of carbonyl (C=O) groups is 1. The Bertz CT molecular complexity index is 1640. The third kappa shape index (κ3) is 6.06. The second-order valence-electron chi connectivity index (χ2n) is 12.5. The maximum absolute atomic E-state index is 13.0. The van der Waals surface area contributed by atoms with Crippen LogP contribution in [-0.4, -0.2) is 73.4 Å². The van der Waals surface area contributed by atoms with Crippen molar-refractivity contribution in [2.24, 2.45) is 13.0 Å². The van der Waals surface area contributed by atoms with Gasteiger partial charge in [-0.15, -0.1) is 0 Å². The first-order chi connectivity index (χ1) is 20.6. The first kappa shape index (κ1) is 29.0. The third-order valence-corrected chi connectivity index (χ3v) is 8.17. The fraction of sp³-hybridized carbons (Fsp3) is 0.516. The molecule has 1 saturated carbocycles. The molecule has 6 rings (SSSR count). The highest BCUT2D eigenvalue weighted by Crippen LogP contribution is 2.39. The van der Waals surface area contributed by atoms with E-state index >= 15 is 0 Å². The minimum absolute atomic E-state index is 0.137. The van der Waals surface area contributed by atoms with Crippen LogP contribution in [0.1, 0.15) is 57.5 Å². The van der Waals surface area contributed by atoms with Crippen molar-refractivity contribution in [2.45, 2.75) is 57.9 Å². The number of halogens is 1. The Balaban J connectivity index is 1.26. The van der Waals surface area contributed by atoms with E-state index in [9.17, 15) is 9.18 Å². The summed E-state index contributed by atoms with van der Waals surface area (Å²) in [4.78, 5) is 28.1. The number of Topliss-reactive ketones (excluding diaryl/α,β-unsaturated/α-hetero) is 1. The standard InChI is InChI=1S/C31H39FN8O3/c1-31(2,3)25-16-26(37-40(25)21-9-12-39(18-21)13-10-32)35-30-36-29-27(38(30)4)28(42-5)24(17-34-29)43-22-8-11-33-20(14-22)15-23(41)19-6-7-19/h8,11,14,16-17,19,21H,6-7,9-10,12-13,15,18H2,1-5H3,(H,34,35,36,37). The maximum Gasteiger partial charge on any atom is 0.211 e. The lowest BCUT2D eigenvalue weighted by Crippen LogP contribution is -2.26. The number of anilines is 2. The molecule has 12 heteroatoms. The molecule has 0 aromatic carbocycles. The number of hydrogen-bond donors (Lipinski definition) is 1. The molecule has 1 aliphatic heterocycles. The second kappa shape index (κ2) is 11.6. The lowest BCUT2D eigenvalue weighted by Gasteiger charge is -2.23. The van der Waals surface area contributed by atoms with Gasteiger partial charge in [-0.05, 0) is 25.3 Å². The van der Waals surface area contributed by atoms with Crippen molar-refractivity contribution in [1.29, 1.82) is 0 Å². The largest absolute Gasteiger partial charge is 0.491 e. The number of ether oxygens (including phenoxy) is 2. The molecule has 2 aliphatic rings. The van der Waals surface area contributed by atoms with E-state index in [-0.39, 0.29) is 29.8 Å². The summed E-state index contributed by atoms with van der Waals surface area (Å²) in [6.07, 6.45) is 6.40. The van der Waals surface area contributed by atoms with Crippen LogP contribution in [0, 0.1) is 5.92 Å². The molecule has 4 aromatic heterocycles. The third-order valence-electron chi connectivity index (χ3n) is 8.17. The molecule has 11 nitrogen and oxygen atoms in total. The fourth-order valence-corrected chi connectivity index (χ4v) is 5.72. The first-order valence-electron chi connectivity index (χ1n) is 14.8. The van der Waals surface area contributed by atoms with Crippen molar-refractivity contribution in [2.75, 3.05) is 38.7 Å². The Kier molecular flexibility index (Phi) is 7.80. The van der Waals surface area contributed by atoms with Gasteiger partial charge in [0.05, 0.1) is 25.0 Å². The lowest BCUT2D eigenvalue weighted by molar-refractivity contribution is -0.119. The number of nitrogens with one attached hydrogen (secondary N) is 1. The van der Waals surface area contributed by atoms with E-state index in [0.29, 0.717) is 58.8 Å². The Morgan fingerprint density at radius 1 is 1.19 bits per heavy atom. The van der Waals surface area contributed by atoms with Gasteiger partial charge in [0.15, 0.2) is 23.0 Å². The fourth-order valence-electron chi connectivity index (χ4n) is 5.72. The van der Waals surface area contributed by atoms with Crippen LogP contribution < -0.4 is 14.8 Å². The average Bonchev–Trinajstić information content (AvgIpc) is 3.44. The van der Waals surface area contributed by atoms with Gasteiger partial charge in [-0.1, -0.05) is 20.8 Å². The summed E-state index contributed by atoms with van der Waals surface area (Å²) in [5.41, 5.74) is 2.79. The summed E-state index contributed by atoms with van der Waals surface area (Å²) < 4.78 is 28.9. The zero-order valence-corrected chi connectivity index (χ0v) is 25.4. The number of aromatic nitrogens is 6. The van der Waals surface area contributed by atoms with Gasteiger partial charge < -0.3 is 19.4 Å². The molecular formula is C31H39FN8O3. The van der Waals surface area contributed by atoms with E-state index in [1.807, 2.05) is 11.6 Å². The molecule has 1 unspecified atom stereocenters. The summed E-state index contributed by atoms with van der Waals surface area (Å²) in [5, 5.41) is 8.33. The minimum Gasteiger partial charge on any atom is -0.491 e. The predicted molar refractivity (Wildman–Crippen MR) is 161 cm³/mol. The summed E-state index contributed by atoms with van der Waals surface area (Å²) in [6.45, 7) is 8.26. The van der Waals surface area contributed by atoms with Gasteiger partial charge in [-0.2, -0.15) is 10.1 Å². The van der Waals surface area contributed by atoms with Crippen LogP contribution in [0.4, 0.5) is 16.2 Å². The van der Waals surface area contributed by atoms with Crippen LogP contribution in [0.5, 0.6) is 17.2 Å². The number of fused-ring (bicyclic) bond motifs is 1. The highest BCUT2D eigenvalue weighted by atomic mass is 19.1. The van der Waals surface area contributed by atoms with E-state index in [1.54, 1.807) is 31.6 Å². The first-order valence-corrected chi connectivity index (χ1v) is 14.8. The smallest absolute Gasteiger partial charge is 0.211 e. The van der Waals surface area contributed by atoms with E-state index in [4.69, 9.17) is 19.6 Å². The second-order valence-corrected chi connectivity index (χ2v) is 12.5. The molecule has 1 aliphatic carbocycles. The summed E-state index contributed by atoms with van der Waals surface area (Å²) in [6, 6.07) is 5.77. The van der Waals surface area contributed by atoms with Crippen LogP contribution in [0.25, 0.3) is 11.2 Å². The quantitative estimate of drug-likeness (QED) is 0.254. The zero-order valence-electron chi connectivity index (χ0n) is 25.4. The van der Waals surface area contributed by atoms with Gasteiger partial charge in [0.1, 0.15) is 23.7 Å². The molecule has 0 bridgehead atoms. The van der Waals surface area contributed by atoms with Crippen molar-refractivity contribution in [3.63, 3.8) is 0 Å². The Morgan fingerprint density at radius 3 is 2.72 bits per heavy atom. The molecule has 1 atom stereocenters. The lowest BCUT2D eigenvalue weighted by atomic mass is 9.91. The van der Waals surface area contributed by atoms with E-state index in [1.165, 1.54) is 0 Å². The predicted octanol–water partition coefficient (Wildman–Crippen LogP) is 5.14. The number of carbonyl (C=O) groups excluding carboxylic acids is 1. The molecule has 0 radical (unpaired) electrons. The van der Waals surface area contributed by atoms with Crippen LogP contribution in [0.2, 0.25) is 0 Å². The number of pyridine rings is 2. The zero-order chi connectivity index (χ0) is 30.3. The number of alkyl halides is 1. The molecular weight excluding hydrogens is 551 g/mol. The van der Waals surface area contributed by atoms with Crippen molar-refractivity contribution >= 4 is 28.7 Å². The molecule has 228 valence electrons. The summed E-state index contributed by atoms with van der Waals surface area (Å²) in [7, 11) is 3.46. The van der Waals surface area contributed by atoms with Gasteiger partial charge in [0.25, 0.3) is 0 Å². The molecule has 43 heavy (non-hydrogen) atoms. The van der Waals surface area contributed by atoms with Crippen LogP contribution in [0.15, 0.2) is 30.6 Å². The number of rotatable bonds is 11.